The number of nitrogens with zero attached hydrogens (tertiary/aromatic N) is 1. The maximum Gasteiger partial charge on any atom is 0.254 e. The summed E-state index contributed by atoms with van der Waals surface area (Å²) in [4.78, 5) is 15.0. The number of sulfonamides is 1. The molecule has 0 atom stereocenters. The van der Waals surface area contributed by atoms with Gasteiger partial charge in [-0.15, -0.1) is 0 Å². The Hall–Kier alpha value is -1.86. The van der Waals surface area contributed by atoms with Crippen LogP contribution in [0.3, 0.4) is 0 Å². The third-order valence-corrected chi connectivity index (χ3v) is 6.33. The zero-order valence-corrected chi connectivity index (χ0v) is 17.6. The number of rotatable bonds is 8. The van der Waals surface area contributed by atoms with Crippen LogP contribution in [0.4, 0.5) is 5.69 Å². The summed E-state index contributed by atoms with van der Waals surface area (Å²) in [5.74, 6) is -0.0172. The summed E-state index contributed by atoms with van der Waals surface area (Å²) in [6.45, 7) is 2.35. The molecule has 0 aliphatic heterocycles. The topological polar surface area (TPSA) is 66.5 Å². The fourth-order valence-electron chi connectivity index (χ4n) is 2.97. The van der Waals surface area contributed by atoms with E-state index in [1.807, 2.05) is 36.1 Å². The molecule has 0 radical (unpaired) electrons. The molecular weight excluding hydrogens is 428 g/mol. The highest BCUT2D eigenvalue weighted by atomic mass is 79.9. The summed E-state index contributed by atoms with van der Waals surface area (Å²) in [5, 5.41) is 0. The molecule has 1 aliphatic carbocycles. The highest BCUT2D eigenvalue weighted by Gasteiger charge is 2.33. The molecule has 0 saturated heterocycles. The second-order valence-electron chi connectivity index (χ2n) is 6.80. The Bertz CT molecular complexity index is 926. The van der Waals surface area contributed by atoms with Crippen LogP contribution in [0.5, 0.6) is 0 Å². The first kappa shape index (κ1) is 19.9. The largest absolute Gasteiger partial charge is 0.331 e. The van der Waals surface area contributed by atoms with Crippen LogP contribution >= 0.6 is 15.9 Å². The van der Waals surface area contributed by atoms with Crippen molar-refractivity contribution in [3.63, 3.8) is 0 Å². The number of carbonyl (C=O) groups is 1. The van der Waals surface area contributed by atoms with Crippen LogP contribution in [0.25, 0.3) is 0 Å². The van der Waals surface area contributed by atoms with Gasteiger partial charge in [0.05, 0.1) is 5.75 Å². The van der Waals surface area contributed by atoms with Crippen molar-refractivity contribution in [3.05, 3.63) is 64.1 Å². The lowest BCUT2D eigenvalue weighted by Gasteiger charge is -2.23. The van der Waals surface area contributed by atoms with Gasteiger partial charge in [-0.25, -0.2) is 8.42 Å². The van der Waals surface area contributed by atoms with Crippen LogP contribution in [0, 0.1) is 0 Å². The van der Waals surface area contributed by atoms with E-state index in [2.05, 4.69) is 20.7 Å². The van der Waals surface area contributed by atoms with Gasteiger partial charge in [0.2, 0.25) is 10.0 Å². The molecule has 2 aromatic carbocycles. The van der Waals surface area contributed by atoms with Gasteiger partial charge in [-0.3, -0.25) is 9.52 Å². The van der Waals surface area contributed by atoms with E-state index in [9.17, 15) is 13.2 Å². The molecule has 0 aromatic heterocycles. The Balaban J connectivity index is 1.79. The Morgan fingerprint density at radius 2 is 1.93 bits per heavy atom. The number of anilines is 1. The fourth-order valence-corrected chi connectivity index (χ4v) is 4.54. The van der Waals surface area contributed by atoms with Crippen LogP contribution < -0.4 is 4.72 Å². The summed E-state index contributed by atoms with van der Waals surface area (Å²) in [7, 11) is -3.38. The lowest BCUT2D eigenvalue weighted by atomic mass is 10.1. The van der Waals surface area contributed by atoms with E-state index in [1.165, 1.54) is 0 Å². The quantitative estimate of drug-likeness (QED) is 0.647. The van der Waals surface area contributed by atoms with E-state index in [0.717, 1.165) is 22.9 Å². The van der Waals surface area contributed by atoms with Gasteiger partial charge in [0.15, 0.2) is 0 Å². The lowest BCUT2D eigenvalue weighted by molar-refractivity contribution is 0.0730. The molecule has 5 nitrogen and oxygen atoms in total. The molecule has 1 N–H and O–H groups in total. The van der Waals surface area contributed by atoms with Crippen molar-refractivity contribution < 1.29 is 13.2 Å². The molecule has 0 unspecified atom stereocenters. The zero-order valence-electron chi connectivity index (χ0n) is 15.2. The third-order valence-electron chi connectivity index (χ3n) is 4.35. The Labute approximate surface area is 169 Å². The molecule has 1 aliphatic rings. The van der Waals surface area contributed by atoms with E-state index in [1.54, 1.807) is 24.3 Å². The number of carbonyl (C=O) groups excluding carboxylic acids is 1. The van der Waals surface area contributed by atoms with Crippen molar-refractivity contribution in [3.8, 4) is 0 Å². The molecule has 1 amide bonds. The second kappa shape index (κ2) is 8.44. The summed E-state index contributed by atoms with van der Waals surface area (Å²) in [6, 6.07) is 14.9. The minimum atomic E-state index is -3.38. The fraction of sp³-hybridized carbons (Fsp3) is 0.350. The molecule has 27 heavy (non-hydrogen) atoms. The zero-order chi connectivity index (χ0) is 19.4. The number of amides is 1. The van der Waals surface area contributed by atoms with Gasteiger partial charge in [-0.2, -0.15) is 0 Å². The van der Waals surface area contributed by atoms with E-state index >= 15 is 0 Å². The molecule has 2 aromatic rings. The minimum absolute atomic E-state index is 0.0578. The third kappa shape index (κ3) is 5.56. The van der Waals surface area contributed by atoms with E-state index in [-0.39, 0.29) is 17.7 Å². The maximum atomic E-state index is 13.1. The monoisotopic (exact) mass is 450 g/mol. The molecular formula is C20H23BrN2O3S. The number of hydrogen-bond donors (Lipinski definition) is 1. The molecule has 0 bridgehead atoms. The second-order valence-corrected chi connectivity index (χ2v) is 9.55. The van der Waals surface area contributed by atoms with Crippen LogP contribution in [-0.4, -0.2) is 31.0 Å². The van der Waals surface area contributed by atoms with Crippen molar-refractivity contribution >= 4 is 37.5 Å². The predicted molar refractivity (Wildman–Crippen MR) is 111 cm³/mol. The van der Waals surface area contributed by atoms with Gasteiger partial charge in [0.1, 0.15) is 0 Å². The predicted octanol–water partition coefficient (Wildman–Crippen LogP) is 4.41. The average Bonchev–Trinajstić information content (AvgIpc) is 3.44. The average molecular weight is 451 g/mol. The smallest absolute Gasteiger partial charge is 0.254 e. The van der Waals surface area contributed by atoms with Crippen LogP contribution in [0.2, 0.25) is 0 Å². The summed E-state index contributed by atoms with van der Waals surface area (Å²) >= 11 is 3.47. The highest BCUT2D eigenvalue weighted by molar-refractivity contribution is 9.10. The van der Waals surface area contributed by atoms with Gasteiger partial charge in [0, 0.05) is 28.3 Å². The Morgan fingerprint density at radius 1 is 1.19 bits per heavy atom. The van der Waals surface area contributed by atoms with Crippen LogP contribution in [0.1, 0.15) is 42.1 Å². The van der Waals surface area contributed by atoms with Gasteiger partial charge in [-0.1, -0.05) is 41.1 Å². The Kier molecular flexibility index (Phi) is 6.22. The van der Waals surface area contributed by atoms with Gasteiger partial charge < -0.3 is 4.90 Å². The summed E-state index contributed by atoms with van der Waals surface area (Å²) in [6.07, 6.45) is 2.54. The first-order valence-corrected chi connectivity index (χ1v) is 11.5. The van der Waals surface area contributed by atoms with Gasteiger partial charge >= 0.3 is 0 Å². The van der Waals surface area contributed by atoms with Crippen LogP contribution in [0.15, 0.2) is 53.0 Å². The Morgan fingerprint density at radius 3 is 2.59 bits per heavy atom. The highest BCUT2D eigenvalue weighted by Crippen LogP contribution is 2.30. The first-order valence-electron chi connectivity index (χ1n) is 9.04. The van der Waals surface area contributed by atoms with Crippen molar-refractivity contribution in [2.45, 2.75) is 38.8 Å². The lowest BCUT2D eigenvalue weighted by Crippen LogP contribution is -2.32. The standard InChI is InChI=1S/C20H23BrN2O3S/c1-2-11-27(25,26)22-18-8-4-6-16(13-18)20(24)23(19-9-10-19)14-15-5-3-7-17(21)12-15/h3-8,12-13,19,22H,2,9-11,14H2,1H3. The molecule has 144 valence electrons. The van der Waals surface area contributed by atoms with E-state index < -0.39 is 10.0 Å². The molecule has 1 fully saturated rings. The first-order chi connectivity index (χ1) is 12.9. The van der Waals surface area contributed by atoms with Crippen LogP contribution in [-0.2, 0) is 16.6 Å². The molecule has 0 heterocycles. The molecule has 7 heteroatoms. The number of halogens is 1. The minimum Gasteiger partial charge on any atom is -0.331 e. The number of hydrogen-bond acceptors (Lipinski definition) is 3. The normalized spacial score (nSPS) is 14.0. The van der Waals surface area contributed by atoms with Crippen molar-refractivity contribution in [2.75, 3.05) is 10.5 Å². The molecule has 3 rings (SSSR count). The van der Waals surface area contributed by atoms with E-state index in [0.29, 0.717) is 24.2 Å². The van der Waals surface area contributed by atoms with E-state index in [4.69, 9.17) is 0 Å². The number of benzene rings is 2. The maximum absolute atomic E-state index is 13.1. The van der Waals surface area contributed by atoms with Crippen molar-refractivity contribution in [2.24, 2.45) is 0 Å². The molecule has 0 spiro atoms. The SMILES string of the molecule is CCCS(=O)(=O)Nc1cccc(C(=O)N(Cc2cccc(Br)c2)C2CC2)c1. The summed E-state index contributed by atoms with van der Waals surface area (Å²) < 4.78 is 27.5. The number of nitrogens with one attached hydrogen (secondary N) is 1. The van der Waals surface area contributed by atoms with Crippen molar-refractivity contribution in [1.29, 1.82) is 0 Å². The van der Waals surface area contributed by atoms with Gasteiger partial charge in [0.25, 0.3) is 5.91 Å². The van der Waals surface area contributed by atoms with Crippen molar-refractivity contribution in [1.82, 2.24) is 4.90 Å². The molecule has 1 saturated carbocycles. The van der Waals surface area contributed by atoms with Gasteiger partial charge in [-0.05, 0) is 55.2 Å². The summed E-state index contributed by atoms with van der Waals surface area (Å²) in [5.41, 5.74) is 1.98.